The van der Waals surface area contributed by atoms with Gasteiger partial charge in [-0.15, -0.1) is 0 Å². The number of carbonyl (C=O) groups excluding carboxylic acids is 1. The van der Waals surface area contributed by atoms with Crippen molar-refractivity contribution in [1.82, 2.24) is 10.2 Å². The Morgan fingerprint density at radius 2 is 2.28 bits per heavy atom. The maximum atomic E-state index is 12.6. The van der Waals surface area contributed by atoms with Crippen LogP contribution in [-0.4, -0.2) is 36.5 Å². The maximum Gasteiger partial charge on any atom is 0.255 e. The summed E-state index contributed by atoms with van der Waals surface area (Å²) in [7, 11) is 0. The van der Waals surface area contributed by atoms with Crippen LogP contribution in [0.4, 0.5) is 0 Å². The molecule has 0 aromatic heterocycles. The number of hydrogen-bond donors (Lipinski definition) is 1. The number of nitrogens with zero attached hydrogens (tertiary/aromatic N) is 1. The number of halogens is 2. The topological polar surface area (TPSA) is 32.3 Å². The summed E-state index contributed by atoms with van der Waals surface area (Å²) in [5.41, 5.74) is 0.797. The number of hydrogen-bond acceptors (Lipinski definition) is 2. The number of nitrogens with one attached hydrogen (secondary N) is 1. The van der Waals surface area contributed by atoms with Gasteiger partial charge in [0.15, 0.2) is 0 Å². The first kappa shape index (κ1) is 14.3. The van der Waals surface area contributed by atoms with Gasteiger partial charge in [-0.2, -0.15) is 0 Å². The van der Waals surface area contributed by atoms with Gasteiger partial charge in [0.25, 0.3) is 5.91 Å². The summed E-state index contributed by atoms with van der Waals surface area (Å²) >= 11 is 5.66. The monoisotopic (exact) mass is 422 g/mol. The summed E-state index contributed by atoms with van der Waals surface area (Å²) in [6.45, 7) is 4.76. The van der Waals surface area contributed by atoms with Gasteiger partial charge < -0.3 is 10.2 Å². The van der Waals surface area contributed by atoms with E-state index in [1.165, 1.54) is 0 Å². The van der Waals surface area contributed by atoms with Gasteiger partial charge in [0.1, 0.15) is 0 Å². The Morgan fingerprint density at radius 1 is 1.56 bits per heavy atom. The van der Waals surface area contributed by atoms with Gasteiger partial charge in [-0.05, 0) is 47.2 Å². The van der Waals surface area contributed by atoms with Gasteiger partial charge in [-0.25, -0.2) is 0 Å². The molecule has 3 nitrogen and oxygen atoms in total. The standard InChI is InChI=1S/C13H16BrIN2O/c1-2-5-17(10-7-16-8-10)13(18)11-6-9(14)3-4-12(11)15/h3-4,6,10,16H,2,5,7-8H2,1H3. The van der Waals surface area contributed by atoms with Gasteiger partial charge in [0.2, 0.25) is 0 Å². The molecule has 1 aliphatic heterocycles. The molecular weight excluding hydrogens is 407 g/mol. The molecule has 1 heterocycles. The van der Waals surface area contributed by atoms with Crippen LogP contribution in [0, 0.1) is 3.57 Å². The largest absolute Gasteiger partial charge is 0.333 e. The molecule has 1 aromatic rings. The van der Waals surface area contributed by atoms with Crippen LogP contribution in [0.25, 0.3) is 0 Å². The Balaban J connectivity index is 2.23. The number of amides is 1. The second-order valence-corrected chi connectivity index (χ2v) is 6.51. The van der Waals surface area contributed by atoms with Crippen LogP contribution in [0.15, 0.2) is 22.7 Å². The van der Waals surface area contributed by atoms with E-state index in [0.717, 1.165) is 39.7 Å². The molecule has 98 valence electrons. The minimum atomic E-state index is 0.147. The third-order valence-electron chi connectivity index (χ3n) is 3.08. The molecule has 1 aromatic carbocycles. The average Bonchev–Trinajstić information content (AvgIpc) is 2.28. The van der Waals surface area contributed by atoms with Crippen LogP contribution in [-0.2, 0) is 0 Å². The maximum absolute atomic E-state index is 12.6. The summed E-state index contributed by atoms with van der Waals surface area (Å²) in [5.74, 6) is 0.147. The summed E-state index contributed by atoms with van der Waals surface area (Å²) in [6.07, 6.45) is 0.993. The van der Waals surface area contributed by atoms with Crippen molar-refractivity contribution < 1.29 is 4.79 Å². The molecule has 0 bridgehead atoms. The fraction of sp³-hybridized carbons (Fsp3) is 0.462. The molecule has 5 heteroatoms. The molecule has 18 heavy (non-hydrogen) atoms. The SMILES string of the molecule is CCCN(C(=O)c1cc(Br)ccc1I)C1CNC1. The van der Waals surface area contributed by atoms with Gasteiger partial charge in [-0.1, -0.05) is 22.9 Å². The normalized spacial score (nSPS) is 15.3. The first-order valence-corrected chi connectivity index (χ1v) is 7.97. The Kier molecular flexibility index (Phi) is 5.03. The van der Waals surface area contributed by atoms with Crippen LogP contribution in [0.3, 0.4) is 0 Å². The number of carbonyl (C=O) groups is 1. The Bertz CT molecular complexity index is 449. The molecule has 0 unspecified atom stereocenters. The molecule has 1 N–H and O–H groups in total. The van der Waals surface area contributed by atoms with Crippen LogP contribution < -0.4 is 5.32 Å². The highest BCUT2D eigenvalue weighted by molar-refractivity contribution is 14.1. The van der Waals surface area contributed by atoms with Gasteiger partial charge >= 0.3 is 0 Å². The van der Waals surface area contributed by atoms with Crippen LogP contribution in [0.2, 0.25) is 0 Å². The van der Waals surface area contributed by atoms with Crippen molar-refractivity contribution in [2.24, 2.45) is 0 Å². The van der Waals surface area contributed by atoms with Crippen LogP contribution >= 0.6 is 38.5 Å². The first-order chi connectivity index (χ1) is 8.63. The summed E-state index contributed by atoms with van der Waals surface area (Å²) < 4.78 is 1.96. The van der Waals surface area contributed by atoms with E-state index in [0.29, 0.717) is 6.04 Å². The lowest BCUT2D eigenvalue weighted by Crippen LogP contribution is -2.59. The zero-order valence-corrected chi connectivity index (χ0v) is 14.0. The Hall–Kier alpha value is -0.140. The molecule has 0 saturated carbocycles. The molecular formula is C13H16BrIN2O. The lowest BCUT2D eigenvalue weighted by Gasteiger charge is -2.38. The summed E-state index contributed by atoms with van der Waals surface area (Å²) in [4.78, 5) is 14.6. The molecule has 0 aliphatic carbocycles. The van der Waals surface area contributed by atoms with E-state index in [1.54, 1.807) is 0 Å². The second-order valence-electron chi connectivity index (χ2n) is 4.43. The molecule has 0 spiro atoms. The van der Waals surface area contributed by atoms with Gasteiger partial charge in [0.05, 0.1) is 11.6 Å². The van der Waals surface area contributed by atoms with E-state index >= 15 is 0 Å². The van der Waals surface area contributed by atoms with Crippen LogP contribution in [0.1, 0.15) is 23.7 Å². The van der Waals surface area contributed by atoms with Crippen molar-refractivity contribution in [2.45, 2.75) is 19.4 Å². The number of rotatable bonds is 4. The molecule has 0 atom stereocenters. The molecule has 2 rings (SSSR count). The summed E-state index contributed by atoms with van der Waals surface area (Å²) in [5, 5.41) is 3.23. The predicted octanol–water partition coefficient (Wildman–Crippen LogP) is 2.88. The first-order valence-electron chi connectivity index (χ1n) is 6.10. The molecule has 0 radical (unpaired) electrons. The minimum absolute atomic E-state index is 0.147. The second kappa shape index (κ2) is 6.34. The van der Waals surface area contributed by atoms with Crippen molar-refractivity contribution in [1.29, 1.82) is 0 Å². The minimum Gasteiger partial charge on any atom is -0.333 e. The highest BCUT2D eigenvalue weighted by atomic mass is 127. The molecule has 1 aliphatic rings. The zero-order chi connectivity index (χ0) is 13.1. The average molecular weight is 423 g/mol. The van der Waals surface area contributed by atoms with Gasteiger partial charge in [0, 0.05) is 27.7 Å². The van der Waals surface area contributed by atoms with Crippen molar-refractivity contribution >= 4 is 44.4 Å². The molecule has 1 saturated heterocycles. The van der Waals surface area contributed by atoms with Crippen molar-refractivity contribution in [3.63, 3.8) is 0 Å². The lowest BCUT2D eigenvalue weighted by molar-refractivity contribution is 0.0614. The fourth-order valence-corrected chi connectivity index (χ4v) is 2.93. The Labute approximate surface area is 130 Å². The quantitative estimate of drug-likeness (QED) is 0.756. The third kappa shape index (κ3) is 3.05. The van der Waals surface area contributed by atoms with E-state index < -0.39 is 0 Å². The van der Waals surface area contributed by atoms with E-state index in [-0.39, 0.29) is 5.91 Å². The van der Waals surface area contributed by atoms with Gasteiger partial charge in [-0.3, -0.25) is 4.79 Å². The highest BCUT2D eigenvalue weighted by Gasteiger charge is 2.29. The molecule has 1 fully saturated rings. The van der Waals surface area contributed by atoms with E-state index in [1.807, 2.05) is 23.1 Å². The molecule has 1 amide bonds. The van der Waals surface area contributed by atoms with Crippen molar-refractivity contribution in [3.05, 3.63) is 31.8 Å². The zero-order valence-electron chi connectivity index (χ0n) is 10.2. The van der Waals surface area contributed by atoms with Crippen LogP contribution in [0.5, 0.6) is 0 Å². The smallest absolute Gasteiger partial charge is 0.255 e. The summed E-state index contributed by atoms with van der Waals surface area (Å²) in [6, 6.07) is 6.21. The Morgan fingerprint density at radius 3 is 2.83 bits per heavy atom. The predicted molar refractivity (Wildman–Crippen MR) is 84.8 cm³/mol. The fourth-order valence-electron chi connectivity index (χ4n) is 2.00. The van der Waals surface area contributed by atoms with E-state index in [2.05, 4.69) is 50.8 Å². The number of benzene rings is 1. The van der Waals surface area contributed by atoms with E-state index in [4.69, 9.17) is 0 Å². The lowest BCUT2D eigenvalue weighted by atomic mass is 10.1. The third-order valence-corrected chi connectivity index (χ3v) is 4.52. The highest BCUT2D eigenvalue weighted by Crippen LogP contribution is 2.21. The van der Waals surface area contributed by atoms with Crippen molar-refractivity contribution in [3.8, 4) is 0 Å². The van der Waals surface area contributed by atoms with E-state index in [9.17, 15) is 4.79 Å². The van der Waals surface area contributed by atoms with Crippen molar-refractivity contribution in [2.75, 3.05) is 19.6 Å².